The van der Waals surface area contributed by atoms with Crippen molar-refractivity contribution in [3.8, 4) is 11.8 Å². The van der Waals surface area contributed by atoms with Crippen molar-refractivity contribution in [1.82, 2.24) is 10.5 Å². The second kappa shape index (κ2) is 12.5. The number of aryl methyl sites for hydroxylation is 1. The number of carbonyl (C=O) groups excluding carboxylic acids is 3. The van der Waals surface area contributed by atoms with Gasteiger partial charge in [0.25, 0.3) is 11.8 Å². The number of nitrogens with one attached hydrogen (secondary N) is 2. The fourth-order valence-corrected chi connectivity index (χ4v) is 3.50. The predicted molar refractivity (Wildman–Crippen MR) is 132 cm³/mol. The third-order valence-corrected chi connectivity index (χ3v) is 5.37. The van der Waals surface area contributed by atoms with Crippen molar-refractivity contribution in [3.05, 3.63) is 81.7 Å². The fourth-order valence-electron chi connectivity index (χ4n) is 3.23. The Balaban J connectivity index is 1.59. The van der Waals surface area contributed by atoms with Crippen molar-refractivity contribution >= 4 is 35.1 Å². The van der Waals surface area contributed by atoms with E-state index in [1.54, 1.807) is 49.4 Å². The number of halogens is 1. The molecule has 1 heterocycles. The Morgan fingerprint density at radius 1 is 1.19 bits per heavy atom. The van der Waals surface area contributed by atoms with Crippen molar-refractivity contribution in [3.63, 3.8) is 0 Å². The van der Waals surface area contributed by atoms with Crippen molar-refractivity contribution in [2.24, 2.45) is 0 Å². The molecule has 36 heavy (non-hydrogen) atoms. The molecule has 0 saturated heterocycles. The molecule has 2 amide bonds. The third kappa shape index (κ3) is 7.70. The molecule has 3 rings (SSSR count). The topological polar surface area (TPSA) is 131 Å². The monoisotopic (exact) mass is 509 g/mol. The van der Waals surface area contributed by atoms with Crippen LogP contribution in [0.3, 0.4) is 0 Å². The summed E-state index contributed by atoms with van der Waals surface area (Å²) in [6, 6.07) is 12.8. The zero-order valence-corrected chi connectivity index (χ0v) is 20.4. The molecule has 0 saturated carbocycles. The molecule has 1 atom stereocenters. The number of anilines is 1. The standard InChI is InChI=1S/C26H24ClN3O6/c1-16-10-23(30-36-16)26(34)29-20-5-3-4-17(11-20)7-9-24(32)28-21(15-31)12-18-6-8-19(22(27)13-18)14-25(33)35-2/h3-6,8,10-11,13,21,31H,12,14-15H2,1-2H3,(H,28,32)(H,29,34)/t21-/m0/s1. The second-order valence-electron chi connectivity index (χ2n) is 7.84. The number of hydrogen-bond acceptors (Lipinski definition) is 7. The van der Waals surface area contributed by atoms with Crippen LogP contribution in [0, 0.1) is 18.8 Å². The number of aliphatic hydroxyl groups is 1. The van der Waals surface area contributed by atoms with Crippen LogP contribution in [0.25, 0.3) is 0 Å². The number of aromatic nitrogens is 1. The Morgan fingerprint density at radius 3 is 2.67 bits per heavy atom. The van der Waals surface area contributed by atoms with E-state index >= 15 is 0 Å². The summed E-state index contributed by atoms with van der Waals surface area (Å²) in [5.74, 6) is 4.34. The van der Waals surface area contributed by atoms with E-state index in [9.17, 15) is 19.5 Å². The van der Waals surface area contributed by atoms with Crippen molar-refractivity contribution < 1.29 is 28.8 Å². The van der Waals surface area contributed by atoms with Crippen LogP contribution in [0.15, 0.2) is 53.1 Å². The quantitative estimate of drug-likeness (QED) is 0.314. The summed E-state index contributed by atoms with van der Waals surface area (Å²) in [5.41, 5.74) is 2.53. The molecule has 0 fully saturated rings. The van der Waals surface area contributed by atoms with Crippen molar-refractivity contribution in [2.45, 2.75) is 25.8 Å². The lowest BCUT2D eigenvalue weighted by Gasteiger charge is -2.15. The summed E-state index contributed by atoms with van der Waals surface area (Å²) in [4.78, 5) is 36.0. The lowest BCUT2D eigenvalue weighted by Crippen LogP contribution is -2.38. The van der Waals surface area contributed by atoms with Crippen molar-refractivity contribution in [2.75, 3.05) is 19.0 Å². The first-order chi connectivity index (χ1) is 17.3. The summed E-state index contributed by atoms with van der Waals surface area (Å²) in [7, 11) is 1.30. The van der Waals surface area contributed by atoms with E-state index in [0.717, 1.165) is 5.56 Å². The van der Waals surface area contributed by atoms with Crippen LogP contribution in [0.5, 0.6) is 0 Å². The van der Waals surface area contributed by atoms with E-state index in [1.807, 2.05) is 0 Å². The summed E-state index contributed by atoms with van der Waals surface area (Å²) < 4.78 is 9.55. The number of aliphatic hydroxyl groups excluding tert-OH is 1. The van der Waals surface area contributed by atoms with Gasteiger partial charge in [-0.05, 0) is 48.7 Å². The molecule has 0 aliphatic carbocycles. The Bertz CT molecular complexity index is 1320. The molecular formula is C26H24ClN3O6. The smallest absolute Gasteiger partial charge is 0.310 e. The highest BCUT2D eigenvalue weighted by Gasteiger charge is 2.14. The van der Waals surface area contributed by atoms with Gasteiger partial charge in [0.1, 0.15) is 5.76 Å². The molecule has 1 aromatic heterocycles. The normalized spacial score (nSPS) is 11.1. The maximum atomic E-state index is 12.3. The van der Waals surface area contributed by atoms with Crippen LogP contribution in [0.2, 0.25) is 5.02 Å². The number of hydrogen-bond donors (Lipinski definition) is 3. The molecule has 9 nitrogen and oxygen atoms in total. The minimum absolute atomic E-state index is 0.0517. The van der Waals surface area contributed by atoms with Gasteiger partial charge in [-0.1, -0.05) is 40.9 Å². The molecule has 186 valence electrons. The SMILES string of the molecule is COC(=O)Cc1ccc(C[C@@H](CO)NC(=O)C#Cc2cccc(NC(=O)c3cc(C)on3)c2)cc1Cl. The van der Waals surface area contributed by atoms with Gasteiger partial charge in [-0.25, -0.2) is 0 Å². The second-order valence-corrected chi connectivity index (χ2v) is 8.25. The lowest BCUT2D eigenvalue weighted by atomic mass is 10.0. The van der Waals surface area contributed by atoms with Crippen LogP contribution in [0.4, 0.5) is 5.69 Å². The molecule has 0 aliphatic rings. The number of amides is 2. The molecule has 0 bridgehead atoms. The zero-order valence-electron chi connectivity index (χ0n) is 19.6. The third-order valence-electron chi connectivity index (χ3n) is 5.02. The number of rotatable bonds is 8. The number of nitrogens with zero attached hydrogens (tertiary/aromatic N) is 1. The van der Waals surface area contributed by atoms with Crippen molar-refractivity contribution in [1.29, 1.82) is 0 Å². The summed E-state index contributed by atoms with van der Waals surface area (Å²) in [6.07, 6.45) is 0.362. The molecule has 3 N–H and O–H groups in total. The number of methoxy groups -OCH3 is 1. The van der Waals surface area contributed by atoms with Gasteiger partial charge in [0.05, 0.1) is 26.2 Å². The van der Waals surface area contributed by atoms with Crippen LogP contribution in [0.1, 0.15) is 32.9 Å². The van der Waals surface area contributed by atoms with Gasteiger partial charge in [-0.15, -0.1) is 0 Å². The van der Waals surface area contributed by atoms with Gasteiger partial charge in [-0.3, -0.25) is 14.4 Å². The highest BCUT2D eigenvalue weighted by molar-refractivity contribution is 6.31. The van der Waals surface area contributed by atoms with E-state index in [1.165, 1.54) is 13.2 Å². The minimum atomic E-state index is -0.592. The maximum Gasteiger partial charge on any atom is 0.310 e. The largest absolute Gasteiger partial charge is 0.469 e. The first kappa shape index (κ1) is 26.5. The van der Waals surface area contributed by atoms with E-state index < -0.39 is 23.8 Å². The van der Waals surface area contributed by atoms with Crippen LogP contribution < -0.4 is 10.6 Å². The Kier molecular flexibility index (Phi) is 9.22. The van der Waals surface area contributed by atoms with E-state index in [-0.39, 0.29) is 18.7 Å². The molecule has 0 aliphatic heterocycles. The number of esters is 1. The minimum Gasteiger partial charge on any atom is -0.469 e. The van der Waals surface area contributed by atoms with Gasteiger partial charge in [0.2, 0.25) is 0 Å². The van der Waals surface area contributed by atoms with E-state index in [4.69, 9.17) is 16.1 Å². The molecule has 0 unspecified atom stereocenters. The molecule has 2 aromatic carbocycles. The van der Waals surface area contributed by atoms with Gasteiger partial charge in [-0.2, -0.15) is 0 Å². The Labute approximate surface area is 212 Å². The fraction of sp³-hybridized carbons (Fsp3) is 0.231. The lowest BCUT2D eigenvalue weighted by molar-refractivity contribution is -0.139. The average molecular weight is 510 g/mol. The Hall–Kier alpha value is -4.13. The molecule has 10 heteroatoms. The summed E-state index contributed by atoms with van der Waals surface area (Å²) in [6.45, 7) is 1.38. The summed E-state index contributed by atoms with van der Waals surface area (Å²) in [5, 5.41) is 19.1. The predicted octanol–water partition coefficient (Wildman–Crippen LogP) is 2.68. The zero-order chi connectivity index (χ0) is 26.1. The van der Waals surface area contributed by atoms with Crippen LogP contribution >= 0.6 is 11.6 Å². The molecule has 0 spiro atoms. The van der Waals surface area contributed by atoms with Gasteiger partial charge in [0.15, 0.2) is 5.69 Å². The number of benzene rings is 2. The average Bonchev–Trinajstić information content (AvgIpc) is 3.30. The van der Waals surface area contributed by atoms with Crippen LogP contribution in [-0.2, 0) is 27.2 Å². The number of carbonyl (C=O) groups is 3. The van der Waals surface area contributed by atoms with Gasteiger partial charge < -0.3 is 25.0 Å². The van der Waals surface area contributed by atoms with E-state index in [2.05, 4.69) is 32.4 Å². The molecular weight excluding hydrogens is 486 g/mol. The maximum absolute atomic E-state index is 12.3. The van der Waals surface area contributed by atoms with E-state index in [0.29, 0.717) is 34.0 Å². The number of ether oxygens (including phenoxy) is 1. The van der Waals surface area contributed by atoms with Gasteiger partial charge >= 0.3 is 5.97 Å². The molecule has 0 radical (unpaired) electrons. The Morgan fingerprint density at radius 2 is 2.00 bits per heavy atom. The van der Waals surface area contributed by atoms with Crippen LogP contribution in [-0.4, -0.2) is 47.8 Å². The highest BCUT2D eigenvalue weighted by Crippen LogP contribution is 2.20. The highest BCUT2D eigenvalue weighted by atomic mass is 35.5. The van der Waals surface area contributed by atoms with Gasteiger partial charge in [0, 0.05) is 28.3 Å². The first-order valence-corrected chi connectivity index (χ1v) is 11.3. The molecule has 3 aromatic rings. The summed E-state index contributed by atoms with van der Waals surface area (Å²) >= 11 is 6.25. The first-order valence-electron chi connectivity index (χ1n) is 10.9.